The molecule has 0 bridgehead atoms. The van der Waals surface area contributed by atoms with Gasteiger partial charge in [0, 0.05) is 29.0 Å². The normalized spacial score (nSPS) is 21.0. The van der Waals surface area contributed by atoms with Crippen molar-refractivity contribution in [3.63, 3.8) is 0 Å². The van der Waals surface area contributed by atoms with E-state index in [1.807, 2.05) is 27.7 Å². The first kappa shape index (κ1) is 14.8. The van der Waals surface area contributed by atoms with E-state index in [4.69, 9.17) is 0 Å². The van der Waals surface area contributed by atoms with E-state index >= 15 is 0 Å². The molecule has 4 nitrogen and oxygen atoms in total. The minimum atomic E-state index is -0.0634. The molecule has 0 spiro atoms. The maximum Gasteiger partial charge on any atom is 0.261 e. The predicted molar refractivity (Wildman–Crippen MR) is 90.4 cm³/mol. The maximum absolute atomic E-state index is 12.5. The lowest BCUT2D eigenvalue weighted by molar-refractivity contribution is 0.500. The maximum atomic E-state index is 12.5. The van der Waals surface area contributed by atoms with E-state index in [-0.39, 0.29) is 11.3 Å². The van der Waals surface area contributed by atoms with Crippen LogP contribution in [0.25, 0.3) is 12.0 Å². The van der Waals surface area contributed by atoms with Crippen molar-refractivity contribution < 1.29 is 5.11 Å². The monoisotopic (exact) mass is 322 g/mol. The quantitative estimate of drug-likeness (QED) is 0.860. The summed E-state index contributed by atoms with van der Waals surface area (Å²) < 4.78 is 1.45. The standard InChI is InChI=1S/C15H18N2O2S2/c18-13-6-1-2-8-17-14(13)16-10-11(15(17)19)4-3-5-12-7-9-20-21-12/h2,6,8,10,12,18H,1,3-5,7,9H2. The highest BCUT2D eigenvalue weighted by Gasteiger charge is 2.17. The number of hydrogen-bond acceptors (Lipinski definition) is 5. The van der Waals surface area contributed by atoms with Crippen LogP contribution in [0.15, 0.2) is 23.1 Å². The van der Waals surface area contributed by atoms with Gasteiger partial charge in [-0.3, -0.25) is 9.36 Å². The van der Waals surface area contributed by atoms with E-state index in [1.165, 1.54) is 16.7 Å². The first-order valence-corrected chi connectivity index (χ1v) is 9.59. The van der Waals surface area contributed by atoms with Gasteiger partial charge in [0.15, 0.2) is 11.6 Å². The van der Waals surface area contributed by atoms with E-state index < -0.39 is 0 Å². The van der Waals surface area contributed by atoms with Gasteiger partial charge in [-0.2, -0.15) is 0 Å². The van der Waals surface area contributed by atoms with Crippen LogP contribution in [-0.4, -0.2) is 25.7 Å². The van der Waals surface area contributed by atoms with Crippen LogP contribution in [0.1, 0.15) is 37.1 Å². The molecular weight excluding hydrogens is 304 g/mol. The first-order valence-electron chi connectivity index (χ1n) is 7.20. The van der Waals surface area contributed by atoms with Crippen LogP contribution >= 0.6 is 21.6 Å². The molecule has 21 heavy (non-hydrogen) atoms. The Hall–Kier alpha value is -1.14. The van der Waals surface area contributed by atoms with Crippen molar-refractivity contribution in [1.29, 1.82) is 0 Å². The summed E-state index contributed by atoms with van der Waals surface area (Å²) in [6.07, 6.45) is 11.7. The summed E-state index contributed by atoms with van der Waals surface area (Å²) in [5.41, 5.74) is 0.667. The highest BCUT2D eigenvalue weighted by atomic mass is 33.1. The summed E-state index contributed by atoms with van der Waals surface area (Å²) in [7, 11) is 3.92. The molecule has 0 aromatic carbocycles. The minimum absolute atomic E-state index is 0.0634. The molecule has 0 radical (unpaired) electrons. The van der Waals surface area contributed by atoms with Crippen LogP contribution in [-0.2, 0) is 6.42 Å². The number of aliphatic hydroxyl groups is 1. The number of aromatic nitrogens is 2. The van der Waals surface area contributed by atoms with Crippen molar-refractivity contribution in [1.82, 2.24) is 9.55 Å². The van der Waals surface area contributed by atoms with E-state index in [2.05, 4.69) is 4.98 Å². The molecule has 1 aromatic rings. The lowest BCUT2D eigenvalue weighted by atomic mass is 10.1. The van der Waals surface area contributed by atoms with E-state index in [0.29, 0.717) is 12.2 Å². The fraction of sp³-hybridized carbons (Fsp3) is 0.467. The smallest absolute Gasteiger partial charge is 0.261 e. The summed E-state index contributed by atoms with van der Waals surface area (Å²) in [6.45, 7) is 0. The number of allylic oxidation sites excluding steroid dienone is 2. The lowest BCUT2D eigenvalue weighted by Gasteiger charge is -2.09. The molecule has 2 aliphatic rings. The third kappa shape index (κ3) is 3.37. The molecule has 0 saturated carbocycles. The van der Waals surface area contributed by atoms with E-state index in [9.17, 15) is 9.90 Å². The fourth-order valence-corrected chi connectivity index (χ4v) is 5.56. The Kier molecular flexibility index (Phi) is 4.75. The summed E-state index contributed by atoms with van der Waals surface area (Å²) >= 11 is 0. The summed E-state index contributed by atoms with van der Waals surface area (Å²) in [6, 6.07) is 0. The molecule has 0 aliphatic carbocycles. The molecule has 6 heteroatoms. The molecule has 3 rings (SSSR count). The van der Waals surface area contributed by atoms with E-state index in [1.54, 1.807) is 18.5 Å². The zero-order valence-electron chi connectivity index (χ0n) is 11.7. The fourth-order valence-electron chi connectivity index (χ4n) is 2.53. The molecule has 0 amide bonds. The van der Waals surface area contributed by atoms with Gasteiger partial charge in [0.1, 0.15) is 0 Å². The molecule has 1 N–H and O–H groups in total. The second-order valence-corrected chi connectivity index (χ2v) is 8.00. The Morgan fingerprint density at radius 3 is 3.19 bits per heavy atom. The van der Waals surface area contributed by atoms with E-state index in [0.717, 1.165) is 30.1 Å². The Bertz CT molecular complexity index is 631. The number of hydrogen-bond donors (Lipinski definition) is 1. The van der Waals surface area contributed by atoms with Crippen LogP contribution in [0, 0.1) is 0 Å². The lowest BCUT2D eigenvalue weighted by Crippen LogP contribution is -2.24. The Balaban J connectivity index is 1.73. The van der Waals surface area contributed by atoms with Crippen molar-refractivity contribution in [2.75, 3.05) is 5.75 Å². The Morgan fingerprint density at radius 2 is 2.38 bits per heavy atom. The molecule has 1 unspecified atom stereocenters. The van der Waals surface area contributed by atoms with Crippen molar-refractivity contribution in [2.45, 2.75) is 37.4 Å². The molecule has 2 aliphatic heterocycles. The zero-order chi connectivity index (χ0) is 14.7. The third-order valence-corrected chi connectivity index (χ3v) is 6.70. The molecule has 1 atom stereocenters. The van der Waals surface area contributed by atoms with Gasteiger partial charge in [-0.15, -0.1) is 0 Å². The SMILES string of the molecule is O=c1c(CCCC2CCSS2)cnc2n1C=CCC=C2O. The second-order valence-electron chi connectivity index (χ2n) is 5.21. The average Bonchev–Trinajstić information content (AvgIpc) is 2.92. The van der Waals surface area contributed by atoms with Crippen LogP contribution < -0.4 is 5.56 Å². The van der Waals surface area contributed by atoms with Gasteiger partial charge in [0.05, 0.1) is 0 Å². The third-order valence-electron chi connectivity index (χ3n) is 3.69. The summed E-state index contributed by atoms with van der Waals surface area (Å²) in [5, 5.41) is 10.6. The first-order chi connectivity index (χ1) is 10.3. The van der Waals surface area contributed by atoms with Crippen molar-refractivity contribution in [2.24, 2.45) is 0 Å². The average molecular weight is 322 g/mol. The van der Waals surface area contributed by atoms with Gasteiger partial charge < -0.3 is 5.11 Å². The molecule has 112 valence electrons. The van der Waals surface area contributed by atoms with Gasteiger partial charge in [0.25, 0.3) is 5.56 Å². The number of nitrogens with zero attached hydrogens (tertiary/aromatic N) is 2. The van der Waals surface area contributed by atoms with Crippen LogP contribution in [0.4, 0.5) is 0 Å². The van der Waals surface area contributed by atoms with Crippen LogP contribution in [0.5, 0.6) is 0 Å². The van der Waals surface area contributed by atoms with Gasteiger partial charge in [-0.1, -0.05) is 27.7 Å². The Labute approximate surface area is 131 Å². The number of rotatable bonds is 4. The molecule has 1 fully saturated rings. The summed E-state index contributed by atoms with van der Waals surface area (Å²) in [4.78, 5) is 16.7. The predicted octanol–water partition coefficient (Wildman–Crippen LogP) is 3.49. The number of fused-ring (bicyclic) bond motifs is 1. The van der Waals surface area contributed by atoms with Crippen molar-refractivity contribution in [3.8, 4) is 0 Å². The van der Waals surface area contributed by atoms with Crippen molar-refractivity contribution >= 4 is 33.5 Å². The number of aryl methyl sites for hydroxylation is 1. The molecular formula is C15H18N2O2S2. The zero-order valence-corrected chi connectivity index (χ0v) is 13.3. The Morgan fingerprint density at radius 1 is 1.48 bits per heavy atom. The van der Waals surface area contributed by atoms with Gasteiger partial charge in [-0.25, -0.2) is 4.98 Å². The van der Waals surface area contributed by atoms with Crippen LogP contribution in [0.2, 0.25) is 0 Å². The number of aliphatic hydroxyl groups excluding tert-OH is 1. The largest absolute Gasteiger partial charge is 0.504 e. The minimum Gasteiger partial charge on any atom is -0.504 e. The molecule has 1 aromatic heterocycles. The van der Waals surface area contributed by atoms with Gasteiger partial charge >= 0.3 is 0 Å². The van der Waals surface area contributed by atoms with Gasteiger partial charge in [-0.05, 0) is 38.2 Å². The second kappa shape index (κ2) is 6.75. The van der Waals surface area contributed by atoms with Crippen LogP contribution in [0.3, 0.4) is 0 Å². The topological polar surface area (TPSA) is 55.1 Å². The highest BCUT2D eigenvalue weighted by molar-refractivity contribution is 8.77. The van der Waals surface area contributed by atoms with Crippen molar-refractivity contribution in [3.05, 3.63) is 40.1 Å². The highest BCUT2D eigenvalue weighted by Crippen LogP contribution is 2.39. The summed E-state index contributed by atoms with van der Waals surface area (Å²) in [5.74, 6) is 1.65. The molecule has 1 saturated heterocycles. The van der Waals surface area contributed by atoms with Gasteiger partial charge in [0.2, 0.25) is 0 Å². The molecule has 3 heterocycles.